The number of nitrogens with one attached hydrogen (secondary N) is 1. The van der Waals surface area contributed by atoms with E-state index in [0.29, 0.717) is 30.2 Å². The van der Waals surface area contributed by atoms with E-state index < -0.39 is 5.79 Å². The van der Waals surface area contributed by atoms with E-state index in [1.807, 2.05) is 24.3 Å². The fourth-order valence-electron chi connectivity index (χ4n) is 3.47. The molecule has 0 saturated carbocycles. The summed E-state index contributed by atoms with van der Waals surface area (Å²) in [7, 11) is 1.59. The Morgan fingerprint density at radius 2 is 1.96 bits per heavy atom. The van der Waals surface area contributed by atoms with Crippen LogP contribution in [-0.4, -0.2) is 50.1 Å². The molecule has 0 aliphatic carbocycles. The van der Waals surface area contributed by atoms with Crippen LogP contribution < -0.4 is 15.0 Å². The molecule has 0 bridgehead atoms. The number of anilines is 2. The van der Waals surface area contributed by atoms with Gasteiger partial charge in [0, 0.05) is 43.9 Å². The van der Waals surface area contributed by atoms with Crippen molar-refractivity contribution in [3.8, 4) is 5.75 Å². The van der Waals surface area contributed by atoms with Crippen LogP contribution >= 0.6 is 0 Å². The Kier molecular flexibility index (Phi) is 4.96. The van der Waals surface area contributed by atoms with E-state index in [0.717, 1.165) is 31.7 Å². The largest absolute Gasteiger partial charge is 0.497 e. The van der Waals surface area contributed by atoms with Crippen molar-refractivity contribution in [3.05, 3.63) is 48.2 Å². The molecule has 1 aromatic heterocycles. The normalized spacial score (nSPS) is 18.5. The number of methoxy groups -OCH3 is 1. The summed E-state index contributed by atoms with van der Waals surface area (Å²) in [6, 6.07) is 10.9. The Labute approximate surface area is 158 Å². The maximum absolute atomic E-state index is 12.4. The number of aromatic nitrogens is 1. The lowest BCUT2D eigenvalue weighted by atomic mass is 10.0. The number of pyridine rings is 1. The molecule has 2 fully saturated rings. The molecule has 2 saturated heterocycles. The monoisotopic (exact) mass is 369 g/mol. The molecule has 0 unspecified atom stereocenters. The highest BCUT2D eigenvalue weighted by atomic mass is 16.7. The zero-order valence-electron chi connectivity index (χ0n) is 15.3. The number of piperidine rings is 1. The van der Waals surface area contributed by atoms with Crippen molar-refractivity contribution < 1.29 is 19.0 Å². The number of amides is 1. The Balaban J connectivity index is 1.37. The van der Waals surface area contributed by atoms with Gasteiger partial charge in [0.2, 0.25) is 0 Å². The fourth-order valence-corrected chi connectivity index (χ4v) is 3.47. The van der Waals surface area contributed by atoms with Crippen molar-refractivity contribution in [1.82, 2.24) is 4.98 Å². The highest BCUT2D eigenvalue weighted by Crippen LogP contribution is 2.32. The summed E-state index contributed by atoms with van der Waals surface area (Å²) in [6.45, 7) is 3.00. The van der Waals surface area contributed by atoms with Gasteiger partial charge in [0.15, 0.2) is 5.79 Å². The van der Waals surface area contributed by atoms with Gasteiger partial charge < -0.3 is 24.4 Å². The second-order valence-corrected chi connectivity index (χ2v) is 6.69. The number of ether oxygens (including phenoxy) is 3. The van der Waals surface area contributed by atoms with E-state index >= 15 is 0 Å². The SMILES string of the molecule is COc1cccc(NC(=O)c2ccc(N3CCC4(CC3)OCCO4)nc2)c1. The van der Waals surface area contributed by atoms with E-state index in [1.54, 1.807) is 25.4 Å². The average molecular weight is 369 g/mol. The number of benzene rings is 1. The lowest BCUT2D eigenvalue weighted by Gasteiger charge is -2.38. The van der Waals surface area contributed by atoms with Gasteiger partial charge in [-0.2, -0.15) is 0 Å². The molecule has 1 spiro atoms. The van der Waals surface area contributed by atoms with Crippen LogP contribution in [0.2, 0.25) is 0 Å². The van der Waals surface area contributed by atoms with Gasteiger partial charge in [0.25, 0.3) is 5.91 Å². The molecule has 27 heavy (non-hydrogen) atoms. The topological polar surface area (TPSA) is 72.9 Å². The molecule has 7 heteroatoms. The van der Waals surface area contributed by atoms with Crippen molar-refractivity contribution in [3.63, 3.8) is 0 Å². The quantitative estimate of drug-likeness (QED) is 0.893. The van der Waals surface area contributed by atoms with Crippen LogP contribution in [0.25, 0.3) is 0 Å². The highest BCUT2D eigenvalue weighted by Gasteiger charge is 2.39. The van der Waals surface area contributed by atoms with Crippen LogP contribution in [0.3, 0.4) is 0 Å². The number of rotatable bonds is 4. The van der Waals surface area contributed by atoms with E-state index in [4.69, 9.17) is 14.2 Å². The summed E-state index contributed by atoms with van der Waals surface area (Å²) in [4.78, 5) is 19.1. The minimum Gasteiger partial charge on any atom is -0.497 e. The second kappa shape index (κ2) is 7.54. The van der Waals surface area contributed by atoms with Gasteiger partial charge in [-0.15, -0.1) is 0 Å². The summed E-state index contributed by atoms with van der Waals surface area (Å²) >= 11 is 0. The molecule has 3 heterocycles. The van der Waals surface area contributed by atoms with Crippen LogP contribution in [0.5, 0.6) is 5.75 Å². The Morgan fingerprint density at radius 3 is 2.63 bits per heavy atom. The predicted octanol–water partition coefficient (Wildman–Crippen LogP) is 2.69. The first-order valence-electron chi connectivity index (χ1n) is 9.12. The van der Waals surface area contributed by atoms with E-state index in [-0.39, 0.29) is 5.91 Å². The third-order valence-electron chi connectivity index (χ3n) is 5.00. The predicted molar refractivity (Wildman–Crippen MR) is 101 cm³/mol. The molecular formula is C20H23N3O4. The molecule has 2 aliphatic rings. The highest BCUT2D eigenvalue weighted by molar-refractivity contribution is 6.04. The lowest BCUT2D eigenvalue weighted by Crippen LogP contribution is -2.45. The fraction of sp³-hybridized carbons (Fsp3) is 0.400. The minimum atomic E-state index is -0.396. The van der Waals surface area contributed by atoms with Crippen molar-refractivity contribution in [1.29, 1.82) is 0 Å². The van der Waals surface area contributed by atoms with Crippen LogP contribution in [0.15, 0.2) is 42.6 Å². The van der Waals surface area contributed by atoms with Gasteiger partial charge in [-0.1, -0.05) is 6.07 Å². The summed E-state index contributed by atoms with van der Waals surface area (Å²) in [5, 5.41) is 2.86. The van der Waals surface area contributed by atoms with E-state index in [1.165, 1.54) is 0 Å². The van der Waals surface area contributed by atoms with Crippen molar-refractivity contribution in [2.45, 2.75) is 18.6 Å². The van der Waals surface area contributed by atoms with Crippen LogP contribution in [-0.2, 0) is 9.47 Å². The molecule has 4 rings (SSSR count). The second-order valence-electron chi connectivity index (χ2n) is 6.69. The molecule has 1 amide bonds. The summed E-state index contributed by atoms with van der Waals surface area (Å²) in [6.07, 6.45) is 3.26. The van der Waals surface area contributed by atoms with Crippen molar-refractivity contribution in [2.24, 2.45) is 0 Å². The maximum Gasteiger partial charge on any atom is 0.257 e. The van der Waals surface area contributed by atoms with Gasteiger partial charge in [-0.25, -0.2) is 4.98 Å². The summed E-state index contributed by atoms with van der Waals surface area (Å²) in [5.41, 5.74) is 1.19. The number of hydrogen-bond acceptors (Lipinski definition) is 6. The first kappa shape index (κ1) is 17.8. The molecule has 1 aromatic carbocycles. The molecular weight excluding hydrogens is 346 g/mol. The number of nitrogens with zero attached hydrogens (tertiary/aromatic N) is 2. The minimum absolute atomic E-state index is 0.201. The summed E-state index contributed by atoms with van der Waals surface area (Å²) in [5.74, 6) is 0.959. The van der Waals surface area contributed by atoms with Gasteiger partial charge in [-0.3, -0.25) is 4.79 Å². The standard InChI is InChI=1S/C20H23N3O4/c1-25-17-4-2-3-16(13-17)22-19(24)15-5-6-18(21-14-15)23-9-7-20(8-10-23)26-11-12-27-20/h2-6,13-14H,7-12H2,1H3,(H,22,24). The molecule has 1 N–H and O–H groups in total. The van der Waals surface area contributed by atoms with Crippen molar-refractivity contribution in [2.75, 3.05) is 43.6 Å². The molecule has 2 aliphatic heterocycles. The van der Waals surface area contributed by atoms with E-state index in [9.17, 15) is 4.79 Å². The smallest absolute Gasteiger partial charge is 0.257 e. The van der Waals surface area contributed by atoms with Crippen LogP contribution in [0.4, 0.5) is 11.5 Å². The number of hydrogen-bond donors (Lipinski definition) is 1. The third kappa shape index (κ3) is 3.89. The maximum atomic E-state index is 12.4. The zero-order valence-corrected chi connectivity index (χ0v) is 15.3. The van der Waals surface area contributed by atoms with E-state index in [2.05, 4.69) is 15.2 Å². The summed E-state index contributed by atoms with van der Waals surface area (Å²) < 4.78 is 16.7. The molecule has 0 atom stereocenters. The molecule has 142 valence electrons. The number of carbonyl (C=O) groups excluding carboxylic acids is 1. The average Bonchev–Trinajstić information content (AvgIpc) is 3.17. The van der Waals surface area contributed by atoms with Gasteiger partial charge >= 0.3 is 0 Å². The lowest BCUT2D eigenvalue weighted by molar-refractivity contribution is -0.169. The number of carbonyl (C=O) groups is 1. The third-order valence-corrected chi connectivity index (χ3v) is 5.00. The zero-order chi connectivity index (χ0) is 18.7. The molecule has 2 aromatic rings. The van der Waals surface area contributed by atoms with Gasteiger partial charge in [0.05, 0.1) is 25.9 Å². The molecule has 0 radical (unpaired) electrons. The Hall–Kier alpha value is -2.64. The van der Waals surface area contributed by atoms with Crippen LogP contribution in [0.1, 0.15) is 23.2 Å². The molecule has 7 nitrogen and oxygen atoms in total. The van der Waals surface area contributed by atoms with Gasteiger partial charge in [-0.05, 0) is 24.3 Å². The first-order chi connectivity index (χ1) is 13.2. The Morgan fingerprint density at radius 1 is 1.19 bits per heavy atom. The van der Waals surface area contributed by atoms with Gasteiger partial charge in [0.1, 0.15) is 11.6 Å². The first-order valence-corrected chi connectivity index (χ1v) is 9.12. The van der Waals surface area contributed by atoms with Crippen LogP contribution in [0, 0.1) is 0 Å². The van der Waals surface area contributed by atoms with Crippen molar-refractivity contribution >= 4 is 17.4 Å². The Bertz CT molecular complexity index is 793.